The van der Waals surface area contributed by atoms with Crippen molar-refractivity contribution in [1.29, 1.82) is 0 Å². The first-order valence-corrected chi connectivity index (χ1v) is 8.51. The minimum absolute atomic E-state index is 0.0233. The summed E-state index contributed by atoms with van der Waals surface area (Å²) in [6.45, 7) is 4.30. The number of ether oxygens (including phenoxy) is 1. The molecular weight excluding hydrogens is 288 g/mol. The van der Waals surface area contributed by atoms with Gasteiger partial charge in [0.2, 0.25) is 5.91 Å². The lowest BCUT2D eigenvalue weighted by Crippen LogP contribution is -2.33. The zero-order chi connectivity index (χ0) is 15.4. The van der Waals surface area contributed by atoms with Gasteiger partial charge in [-0.25, -0.2) is 0 Å². The van der Waals surface area contributed by atoms with Crippen molar-refractivity contribution in [2.45, 2.75) is 38.0 Å². The third-order valence-corrected chi connectivity index (χ3v) is 5.36. The number of hydrogen-bond acceptors (Lipinski definition) is 4. The van der Waals surface area contributed by atoms with Crippen LogP contribution in [0.4, 0.5) is 11.4 Å². The van der Waals surface area contributed by atoms with E-state index in [0.717, 1.165) is 25.0 Å². The van der Waals surface area contributed by atoms with Gasteiger partial charge in [-0.15, -0.1) is 0 Å². The summed E-state index contributed by atoms with van der Waals surface area (Å²) in [5.41, 5.74) is 7.90. The lowest BCUT2D eigenvalue weighted by atomic mass is 10.2. The molecule has 6 heteroatoms. The predicted octanol–water partition coefficient (Wildman–Crippen LogP) is 1.83. The molecule has 2 rings (SSSR count). The van der Waals surface area contributed by atoms with Crippen molar-refractivity contribution in [2.75, 3.05) is 23.4 Å². The Kier molecular flexibility index (Phi) is 5.36. The Morgan fingerprint density at radius 1 is 1.57 bits per heavy atom. The topological polar surface area (TPSA) is 81.4 Å². The van der Waals surface area contributed by atoms with Gasteiger partial charge in [-0.3, -0.25) is 9.00 Å². The molecule has 0 bridgehead atoms. The van der Waals surface area contributed by atoms with Crippen LogP contribution in [0.5, 0.6) is 0 Å². The van der Waals surface area contributed by atoms with E-state index in [0.29, 0.717) is 17.1 Å². The van der Waals surface area contributed by atoms with Crippen LogP contribution in [0.1, 0.15) is 25.3 Å². The molecule has 1 amide bonds. The fourth-order valence-corrected chi connectivity index (χ4v) is 3.45. The minimum Gasteiger partial charge on any atom is -0.399 e. The fraction of sp³-hybridized carbons (Fsp3) is 0.533. The number of nitrogens with two attached hydrogens (primary N) is 1. The Morgan fingerprint density at radius 3 is 3.00 bits per heavy atom. The highest BCUT2D eigenvalue weighted by Crippen LogP contribution is 2.19. The third kappa shape index (κ3) is 4.28. The van der Waals surface area contributed by atoms with E-state index in [2.05, 4.69) is 5.32 Å². The first kappa shape index (κ1) is 16.0. The van der Waals surface area contributed by atoms with Crippen LogP contribution >= 0.6 is 0 Å². The number of nitrogen functional groups attached to an aromatic ring is 1. The molecule has 1 fully saturated rings. The lowest BCUT2D eigenvalue weighted by molar-refractivity contribution is -0.115. The number of rotatable bonds is 5. The molecule has 116 valence electrons. The predicted molar refractivity (Wildman–Crippen MR) is 85.7 cm³/mol. The van der Waals surface area contributed by atoms with Crippen LogP contribution in [0.2, 0.25) is 0 Å². The molecule has 21 heavy (non-hydrogen) atoms. The molecule has 1 aromatic rings. The van der Waals surface area contributed by atoms with E-state index in [1.54, 1.807) is 19.1 Å². The van der Waals surface area contributed by atoms with Crippen LogP contribution < -0.4 is 11.1 Å². The highest BCUT2D eigenvalue weighted by molar-refractivity contribution is 7.86. The van der Waals surface area contributed by atoms with E-state index < -0.39 is 16.0 Å². The zero-order valence-electron chi connectivity index (χ0n) is 12.4. The van der Waals surface area contributed by atoms with E-state index in [4.69, 9.17) is 10.5 Å². The molecule has 1 aromatic carbocycles. The zero-order valence-corrected chi connectivity index (χ0v) is 13.2. The molecule has 1 saturated heterocycles. The van der Waals surface area contributed by atoms with Crippen molar-refractivity contribution in [1.82, 2.24) is 0 Å². The Labute approximate surface area is 127 Å². The highest BCUT2D eigenvalue weighted by atomic mass is 32.2. The maximum Gasteiger partial charge on any atom is 0.239 e. The molecule has 3 atom stereocenters. The largest absolute Gasteiger partial charge is 0.399 e. The van der Waals surface area contributed by atoms with Crippen molar-refractivity contribution in [3.05, 3.63) is 23.8 Å². The first-order valence-electron chi connectivity index (χ1n) is 7.13. The van der Waals surface area contributed by atoms with Crippen molar-refractivity contribution < 1.29 is 13.7 Å². The van der Waals surface area contributed by atoms with Crippen LogP contribution in [0.25, 0.3) is 0 Å². The summed E-state index contributed by atoms with van der Waals surface area (Å²) in [5, 5.41) is 2.23. The summed E-state index contributed by atoms with van der Waals surface area (Å²) in [6.07, 6.45) is 1.95. The van der Waals surface area contributed by atoms with Gasteiger partial charge in [0.05, 0.1) is 11.9 Å². The van der Waals surface area contributed by atoms with Gasteiger partial charge in [-0.05, 0) is 44.4 Å². The highest BCUT2D eigenvalue weighted by Gasteiger charge is 2.25. The first-order chi connectivity index (χ1) is 9.97. The number of hydrogen-bond donors (Lipinski definition) is 2. The van der Waals surface area contributed by atoms with Gasteiger partial charge in [0.1, 0.15) is 5.25 Å². The molecule has 3 unspecified atom stereocenters. The monoisotopic (exact) mass is 310 g/mol. The molecule has 3 N–H and O–H groups in total. The smallest absolute Gasteiger partial charge is 0.239 e. The molecule has 1 heterocycles. The number of carbonyl (C=O) groups excluding carboxylic acids is 1. The molecule has 1 aliphatic rings. The number of anilines is 2. The normalized spacial score (nSPS) is 21.0. The average Bonchev–Trinajstić information content (AvgIpc) is 2.94. The molecular formula is C15H22N2O3S. The van der Waals surface area contributed by atoms with Crippen molar-refractivity contribution in [3.63, 3.8) is 0 Å². The summed E-state index contributed by atoms with van der Waals surface area (Å²) in [7, 11) is -1.24. The second-order valence-electron chi connectivity index (χ2n) is 5.39. The maximum absolute atomic E-state index is 12.2. The van der Waals surface area contributed by atoms with Gasteiger partial charge in [0.25, 0.3) is 0 Å². The Balaban J connectivity index is 1.95. The quantitative estimate of drug-likeness (QED) is 0.813. The van der Waals surface area contributed by atoms with Gasteiger partial charge in [-0.2, -0.15) is 0 Å². The molecule has 0 aliphatic carbocycles. The molecule has 0 radical (unpaired) electrons. The number of aryl methyl sites for hydroxylation is 1. The van der Waals surface area contributed by atoms with Crippen LogP contribution in [0.15, 0.2) is 18.2 Å². The van der Waals surface area contributed by atoms with Crippen molar-refractivity contribution in [2.24, 2.45) is 0 Å². The molecule has 1 aliphatic heterocycles. The van der Waals surface area contributed by atoms with Crippen molar-refractivity contribution in [3.8, 4) is 0 Å². The number of nitrogens with one attached hydrogen (secondary N) is 1. The Morgan fingerprint density at radius 2 is 2.33 bits per heavy atom. The van der Waals surface area contributed by atoms with Crippen LogP contribution in [0, 0.1) is 6.92 Å². The second-order valence-corrected chi connectivity index (χ2v) is 7.19. The Hall–Kier alpha value is -1.40. The van der Waals surface area contributed by atoms with Gasteiger partial charge in [0.15, 0.2) is 0 Å². The molecule has 5 nitrogen and oxygen atoms in total. The average molecular weight is 310 g/mol. The number of amides is 1. The molecule has 0 saturated carbocycles. The number of carbonyl (C=O) groups is 1. The van der Waals surface area contributed by atoms with Gasteiger partial charge in [-0.1, -0.05) is 6.07 Å². The fourth-order valence-electron chi connectivity index (χ4n) is 2.23. The van der Waals surface area contributed by atoms with E-state index in [1.807, 2.05) is 13.0 Å². The van der Waals surface area contributed by atoms with Gasteiger partial charge in [0, 0.05) is 28.8 Å². The minimum atomic E-state index is -1.24. The van der Waals surface area contributed by atoms with Crippen LogP contribution in [-0.4, -0.2) is 33.8 Å². The summed E-state index contributed by atoms with van der Waals surface area (Å²) >= 11 is 0. The van der Waals surface area contributed by atoms with Crippen LogP contribution in [0.3, 0.4) is 0 Å². The summed E-state index contributed by atoms with van der Waals surface area (Å²) < 4.78 is 17.7. The summed E-state index contributed by atoms with van der Waals surface area (Å²) in [4.78, 5) is 12.2. The van der Waals surface area contributed by atoms with E-state index >= 15 is 0 Å². The van der Waals surface area contributed by atoms with Crippen molar-refractivity contribution >= 4 is 28.1 Å². The maximum atomic E-state index is 12.2. The van der Waals surface area contributed by atoms with E-state index in [-0.39, 0.29) is 12.0 Å². The van der Waals surface area contributed by atoms with E-state index in [9.17, 15) is 9.00 Å². The van der Waals surface area contributed by atoms with E-state index in [1.165, 1.54) is 0 Å². The standard InChI is InChI=1S/C15H22N2O3S/c1-10-5-6-12(16)8-14(10)17-15(18)11(2)21(19)9-13-4-3-7-20-13/h5-6,8,11,13H,3-4,7,9,16H2,1-2H3,(H,17,18). The van der Waals surface area contributed by atoms with Crippen LogP contribution in [-0.2, 0) is 20.3 Å². The Bertz CT molecular complexity index is 542. The molecule has 0 spiro atoms. The SMILES string of the molecule is Cc1ccc(N)cc1NC(=O)C(C)S(=O)CC1CCCO1. The second kappa shape index (κ2) is 7.04. The lowest BCUT2D eigenvalue weighted by Gasteiger charge is -2.16. The van der Waals surface area contributed by atoms with Gasteiger partial charge >= 0.3 is 0 Å². The third-order valence-electron chi connectivity index (χ3n) is 3.66. The number of benzene rings is 1. The molecule has 0 aromatic heterocycles. The van der Waals surface area contributed by atoms with Gasteiger partial charge < -0.3 is 15.8 Å². The summed E-state index contributed by atoms with van der Waals surface area (Å²) in [6, 6.07) is 5.34. The summed E-state index contributed by atoms with van der Waals surface area (Å²) in [5.74, 6) is 0.171.